The molecule has 2 aromatic rings. The van der Waals surface area contributed by atoms with Crippen molar-refractivity contribution in [2.45, 2.75) is 51.7 Å². The Bertz CT molecular complexity index is 713. The number of urea groups is 1. The zero-order valence-corrected chi connectivity index (χ0v) is 14.9. The predicted molar refractivity (Wildman–Crippen MR) is 98.5 cm³/mol. The Labute approximate surface area is 148 Å². The van der Waals surface area contributed by atoms with Crippen molar-refractivity contribution in [2.24, 2.45) is 5.92 Å². The van der Waals surface area contributed by atoms with Crippen LogP contribution in [-0.2, 0) is 13.0 Å². The van der Waals surface area contributed by atoms with Crippen LogP contribution in [0.15, 0.2) is 24.3 Å². The second-order valence-electron chi connectivity index (χ2n) is 6.83. The molecule has 1 saturated carbocycles. The van der Waals surface area contributed by atoms with E-state index in [4.69, 9.17) is 0 Å². The Morgan fingerprint density at radius 3 is 2.96 bits per heavy atom. The summed E-state index contributed by atoms with van der Waals surface area (Å²) >= 11 is 0. The van der Waals surface area contributed by atoms with Crippen molar-refractivity contribution in [3.05, 3.63) is 30.1 Å². The quantitative estimate of drug-likeness (QED) is 0.753. The first-order chi connectivity index (χ1) is 12.2. The third-order valence-electron chi connectivity index (χ3n) is 4.99. The monoisotopic (exact) mass is 344 g/mol. The Hall–Kier alpha value is -2.08. The number of rotatable bonds is 6. The highest BCUT2D eigenvalue weighted by Gasteiger charge is 2.20. The summed E-state index contributed by atoms with van der Waals surface area (Å²) in [4.78, 5) is 16.6. The van der Waals surface area contributed by atoms with Crippen LogP contribution in [0.3, 0.4) is 0 Å². The van der Waals surface area contributed by atoms with Crippen molar-refractivity contribution in [2.75, 3.05) is 13.1 Å². The number of fused-ring (bicyclic) bond motifs is 1. The van der Waals surface area contributed by atoms with Gasteiger partial charge in [0, 0.05) is 26.1 Å². The van der Waals surface area contributed by atoms with Gasteiger partial charge in [-0.25, -0.2) is 9.78 Å². The molecule has 0 radical (unpaired) electrons. The largest absolute Gasteiger partial charge is 0.393 e. The number of aliphatic hydroxyl groups is 1. The molecule has 0 aliphatic heterocycles. The minimum absolute atomic E-state index is 0.140. The number of hydrogen-bond acceptors (Lipinski definition) is 3. The van der Waals surface area contributed by atoms with Crippen molar-refractivity contribution in [1.82, 2.24) is 20.2 Å². The maximum absolute atomic E-state index is 12.0. The van der Waals surface area contributed by atoms with E-state index in [0.29, 0.717) is 25.4 Å². The van der Waals surface area contributed by atoms with Gasteiger partial charge in [0.15, 0.2) is 0 Å². The summed E-state index contributed by atoms with van der Waals surface area (Å²) in [5, 5.41) is 15.5. The second kappa shape index (κ2) is 8.34. The van der Waals surface area contributed by atoms with Gasteiger partial charge in [0.1, 0.15) is 5.82 Å². The molecule has 2 amide bonds. The molecule has 0 bridgehead atoms. The summed E-state index contributed by atoms with van der Waals surface area (Å²) in [6, 6.07) is 7.97. The fourth-order valence-corrected chi connectivity index (χ4v) is 3.70. The smallest absolute Gasteiger partial charge is 0.314 e. The summed E-state index contributed by atoms with van der Waals surface area (Å²) in [5.74, 6) is 1.39. The minimum Gasteiger partial charge on any atom is -0.393 e. The standard InChI is InChI=1S/C19H28N4O2/c1-2-23-17-9-4-3-8-16(17)22-18(23)10-11-20-19(25)21-13-14-6-5-7-15(24)12-14/h3-4,8-9,14-15,24H,2,5-7,10-13H2,1H3,(H2,20,21,25). The molecule has 1 aromatic carbocycles. The topological polar surface area (TPSA) is 79.2 Å². The van der Waals surface area contributed by atoms with Crippen molar-refractivity contribution < 1.29 is 9.90 Å². The first-order valence-electron chi connectivity index (χ1n) is 9.31. The van der Waals surface area contributed by atoms with E-state index in [-0.39, 0.29) is 12.1 Å². The van der Waals surface area contributed by atoms with Crippen LogP contribution in [0.1, 0.15) is 38.4 Å². The molecule has 6 heteroatoms. The zero-order valence-electron chi connectivity index (χ0n) is 14.9. The molecule has 6 nitrogen and oxygen atoms in total. The summed E-state index contributed by atoms with van der Waals surface area (Å²) in [7, 11) is 0. The van der Waals surface area contributed by atoms with Crippen LogP contribution in [0, 0.1) is 5.92 Å². The van der Waals surface area contributed by atoms with Gasteiger partial charge >= 0.3 is 6.03 Å². The number of benzene rings is 1. The van der Waals surface area contributed by atoms with Gasteiger partial charge in [-0.2, -0.15) is 0 Å². The van der Waals surface area contributed by atoms with Gasteiger partial charge in [-0.3, -0.25) is 0 Å². The molecule has 1 fully saturated rings. The third kappa shape index (κ3) is 4.51. The lowest BCUT2D eigenvalue weighted by molar-refractivity contribution is 0.101. The number of carbonyl (C=O) groups is 1. The second-order valence-corrected chi connectivity index (χ2v) is 6.83. The molecule has 1 heterocycles. The average molecular weight is 344 g/mol. The highest BCUT2D eigenvalue weighted by molar-refractivity contribution is 5.76. The lowest BCUT2D eigenvalue weighted by Gasteiger charge is -2.25. The third-order valence-corrected chi connectivity index (χ3v) is 4.99. The highest BCUT2D eigenvalue weighted by Crippen LogP contribution is 2.23. The van der Waals surface area contributed by atoms with Crippen LogP contribution in [0.2, 0.25) is 0 Å². The highest BCUT2D eigenvalue weighted by atomic mass is 16.3. The number of aromatic nitrogens is 2. The number of nitrogens with one attached hydrogen (secondary N) is 2. The van der Waals surface area contributed by atoms with Crippen molar-refractivity contribution >= 4 is 17.1 Å². The number of aliphatic hydroxyl groups excluding tert-OH is 1. The lowest BCUT2D eigenvalue weighted by Crippen LogP contribution is -2.40. The van der Waals surface area contributed by atoms with Gasteiger partial charge < -0.3 is 20.3 Å². The lowest BCUT2D eigenvalue weighted by atomic mass is 9.87. The molecule has 0 spiro atoms. The number of carbonyl (C=O) groups excluding carboxylic acids is 1. The van der Waals surface area contributed by atoms with Crippen LogP contribution in [0.4, 0.5) is 4.79 Å². The Morgan fingerprint density at radius 1 is 1.32 bits per heavy atom. The van der Waals surface area contributed by atoms with Gasteiger partial charge in [0.05, 0.1) is 17.1 Å². The van der Waals surface area contributed by atoms with Gasteiger partial charge in [-0.15, -0.1) is 0 Å². The van der Waals surface area contributed by atoms with E-state index in [0.717, 1.165) is 49.1 Å². The van der Waals surface area contributed by atoms with E-state index in [1.54, 1.807) is 0 Å². The fraction of sp³-hybridized carbons (Fsp3) is 0.579. The maximum Gasteiger partial charge on any atom is 0.314 e. The van der Waals surface area contributed by atoms with Crippen LogP contribution >= 0.6 is 0 Å². The van der Waals surface area contributed by atoms with Gasteiger partial charge in [0.2, 0.25) is 0 Å². The van der Waals surface area contributed by atoms with Gasteiger partial charge in [0.25, 0.3) is 0 Å². The number of amides is 2. The number of aryl methyl sites for hydroxylation is 1. The minimum atomic E-state index is -0.203. The molecule has 25 heavy (non-hydrogen) atoms. The summed E-state index contributed by atoms with van der Waals surface area (Å²) < 4.78 is 2.19. The van der Waals surface area contributed by atoms with E-state index in [1.807, 2.05) is 18.2 Å². The Kier molecular flexibility index (Phi) is 5.91. The van der Waals surface area contributed by atoms with Crippen LogP contribution in [-0.4, -0.2) is 39.9 Å². The first kappa shape index (κ1) is 17.7. The molecule has 1 aliphatic rings. The van der Waals surface area contributed by atoms with E-state index in [9.17, 15) is 9.90 Å². The van der Waals surface area contributed by atoms with E-state index >= 15 is 0 Å². The molecule has 3 rings (SSSR count). The molecule has 1 aromatic heterocycles. The predicted octanol–water partition coefficient (Wildman–Crippen LogP) is 2.45. The first-order valence-corrected chi connectivity index (χ1v) is 9.31. The summed E-state index contributed by atoms with van der Waals surface area (Å²) in [5.41, 5.74) is 2.14. The van der Waals surface area contributed by atoms with E-state index in [1.165, 1.54) is 0 Å². The molecular formula is C19H28N4O2. The normalized spacial score (nSPS) is 20.6. The van der Waals surface area contributed by atoms with E-state index < -0.39 is 0 Å². The van der Waals surface area contributed by atoms with Gasteiger partial charge in [-0.1, -0.05) is 18.6 Å². The van der Waals surface area contributed by atoms with Crippen LogP contribution in [0.25, 0.3) is 11.0 Å². The Morgan fingerprint density at radius 2 is 2.16 bits per heavy atom. The number of nitrogens with zero attached hydrogens (tertiary/aromatic N) is 2. The molecule has 2 atom stereocenters. The number of imidazole rings is 1. The zero-order chi connectivity index (χ0) is 17.6. The summed E-state index contributed by atoms with van der Waals surface area (Å²) in [6.45, 7) is 4.17. The molecule has 136 valence electrons. The molecule has 0 saturated heterocycles. The van der Waals surface area contributed by atoms with Crippen molar-refractivity contribution in [1.29, 1.82) is 0 Å². The molecule has 1 aliphatic carbocycles. The SMILES string of the molecule is CCn1c(CCNC(=O)NCC2CCCC(O)C2)nc2ccccc21. The van der Waals surface area contributed by atoms with E-state index in [2.05, 4.69) is 33.2 Å². The van der Waals surface area contributed by atoms with Gasteiger partial charge in [-0.05, 0) is 44.2 Å². The van der Waals surface area contributed by atoms with Crippen LogP contribution in [0.5, 0.6) is 0 Å². The van der Waals surface area contributed by atoms with Crippen LogP contribution < -0.4 is 10.6 Å². The Balaban J connectivity index is 1.45. The molecule has 3 N–H and O–H groups in total. The molecule has 2 unspecified atom stereocenters. The fourth-order valence-electron chi connectivity index (χ4n) is 3.70. The maximum atomic E-state index is 12.0. The molecular weight excluding hydrogens is 316 g/mol. The average Bonchev–Trinajstić information content (AvgIpc) is 2.97. The van der Waals surface area contributed by atoms with Crippen molar-refractivity contribution in [3.63, 3.8) is 0 Å². The number of hydrogen-bond donors (Lipinski definition) is 3. The van der Waals surface area contributed by atoms with Crippen molar-refractivity contribution in [3.8, 4) is 0 Å². The number of para-hydroxylation sites is 2. The summed E-state index contributed by atoms with van der Waals surface area (Å²) in [6.07, 6.45) is 4.31.